The highest BCUT2D eigenvalue weighted by atomic mass is 16.7. The maximum Gasteiger partial charge on any atom is 0.338 e. The summed E-state index contributed by atoms with van der Waals surface area (Å²) in [7, 11) is 0.513. The fourth-order valence-corrected chi connectivity index (χ4v) is 0.787. The maximum absolute atomic E-state index is 5.36. The average molecular weight is 174 g/mol. The van der Waals surface area contributed by atoms with Gasteiger partial charge >= 0.3 is 7.48 Å². The number of hydrogen-bond donors (Lipinski definition) is 0. The van der Waals surface area contributed by atoms with Gasteiger partial charge in [-0.1, -0.05) is 0 Å². The lowest BCUT2D eigenvalue weighted by molar-refractivity contribution is -0.0912. The topological polar surface area (TPSA) is 27.7 Å². The summed E-state index contributed by atoms with van der Waals surface area (Å²) in [4.78, 5) is 0. The minimum Gasteiger partial charge on any atom is -0.431 e. The van der Waals surface area contributed by atoms with Gasteiger partial charge in [0.2, 0.25) is 0 Å². The second kappa shape index (κ2) is 7.59. The molecule has 0 saturated heterocycles. The van der Waals surface area contributed by atoms with Gasteiger partial charge in [-0.25, -0.2) is 0 Å². The molecule has 0 saturated carbocycles. The first-order valence-electron chi connectivity index (χ1n) is 4.55. The van der Waals surface area contributed by atoms with Crippen LogP contribution in [0.15, 0.2) is 0 Å². The number of hydrogen-bond acceptors (Lipinski definition) is 3. The minimum absolute atomic E-state index is 0.206. The largest absolute Gasteiger partial charge is 0.431 e. The van der Waals surface area contributed by atoms with E-state index in [1.807, 2.05) is 27.7 Å². The lowest BCUT2D eigenvalue weighted by Crippen LogP contribution is -2.28. The van der Waals surface area contributed by atoms with Crippen LogP contribution in [-0.4, -0.2) is 33.0 Å². The zero-order valence-corrected chi connectivity index (χ0v) is 8.50. The Bertz CT molecular complexity index is 92.3. The van der Waals surface area contributed by atoms with Crippen LogP contribution in [0.1, 0.15) is 27.7 Å². The van der Waals surface area contributed by atoms with E-state index in [2.05, 4.69) is 0 Å². The van der Waals surface area contributed by atoms with E-state index in [9.17, 15) is 0 Å². The van der Waals surface area contributed by atoms with Crippen molar-refractivity contribution in [3.05, 3.63) is 0 Å². The van der Waals surface area contributed by atoms with Gasteiger partial charge in [0.05, 0.1) is 0 Å². The molecule has 0 aromatic rings. The van der Waals surface area contributed by atoms with E-state index < -0.39 is 0 Å². The highest BCUT2D eigenvalue weighted by Gasteiger charge is 2.11. The van der Waals surface area contributed by atoms with Crippen molar-refractivity contribution in [2.75, 3.05) is 13.2 Å². The van der Waals surface area contributed by atoms with Crippen LogP contribution in [0, 0.1) is 0 Å². The van der Waals surface area contributed by atoms with E-state index in [0.29, 0.717) is 20.7 Å². The molecule has 0 amide bonds. The first kappa shape index (κ1) is 11.9. The predicted octanol–water partition coefficient (Wildman–Crippen LogP) is 1.12. The second-order valence-corrected chi connectivity index (χ2v) is 2.72. The van der Waals surface area contributed by atoms with Gasteiger partial charge in [-0.05, 0) is 27.7 Å². The fourth-order valence-electron chi connectivity index (χ4n) is 0.787. The summed E-state index contributed by atoms with van der Waals surface area (Å²) in [5.41, 5.74) is 0. The first-order chi connectivity index (χ1) is 5.70. The van der Waals surface area contributed by atoms with Gasteiger partial charge in [-0.15, -0.1) is 0 Å². The Balaban J connectivity index is 3.48. The van der Waals surface area contributed by atoms with Crippen molar-refractivity contribution in [1.29, 1.82) is 0 Å². The monoisotopic (exact) mass is 174 g/mol. The molecule has 3 nitrogen and oxygen atoms in total. The first-order valence-corrected chi connectivity index (χ1v) is 4.55. The molecular weight excluding hydrogens is 155 g/mol. The van der Waals surface area contributed by atoms with Crippen molar-refractivity contribution >= 4 is 7.48 Å². The van der Waals surface area contributed by atoms with Crippen LogP contribution >= 0.6 is 0 Å². The Labute approximate surface area is 75.7 Å². The van der Waals surface area contributed by atoms with E-state index in [4.69, 9.17) is 14.1 Å². The second-order valence-electron chi connectivity index (χ2n) is 2.72. The molecule has 0 aromatic carbocycles. The lowest BCUT2D eigenvalue weighted by Gasteiger charge is -2.16. The summed E-state index contributed by atoms with van der Waals surface area (Å²) in [6, 6.07) is 0. The molecule has 0 spiro atoms. The zero-order valence-electron chi connectivity index (χ0n) is 8.50. The SMILES string of the molecule is CCOC(BOC(C)C)OCC. The van der Waals surface area contributed by atoms with E-state index in [0.717, 1.165) is 0 Å². The van der Waals surface area contributed by atoms with Crippen LogP contribution in [0.2, 0.25) is 0 Å². The molecule has 0 rings (SSSR count). The molecule has 0 atom stereocenters. The Kier molecular flexibility index (Phi) is 7.55. The predicted molar refractivity (Wildman–Crippen MR) is 50.4 cm³/mol. The van der Waals surface area contributed by atoms with Gasteiger partial charge in [0, 0.05) is 19.3 Å². The van der Waals surface area contributed by atoms with Crippen LogP contribution in [0.4, 0.5) is 0 Å². The van der Waals surface area contributed by atoms with Gasteiger partial charge in [-0.2, -0.15) is 0 Å². The van der Waals surface area contributed by atoms with Crippen LogP contribution in [-0.2, 0) is 14.1 Å². The molecule has 0 aromatic heterocycles. The van der Waals surface area contributed by atoms with Crippen LogP contribution in [0.3, 0.4) is 0 Å². The summed E-state index contributed by atoms with van der Waals surface area (Å²) < 4.78 is 15.9. The van der Waals surface area contributed by atoms with Crippen molar-refractivity contribution < 1.29 is 14.1 Å². The number of rotatable bonds is 7. The molecule has 0 bridgehead atoms. The van der Waals surface area contributed by atoms with Gasteiger partial charge < -0.3 is 14.1 Å². The summed E-state index contributed by atoms with van der Waals surface area (Å²) in [6.45, 7) is 9.20. The summed E-state index contributed by atoms with van der Waals surface area (Å²) in [5, 5.41) is 0. The molecule has 0 N–H and O–H groups in total. The Hall–Kier alpha value is -0.0551. The minimum atomic E-state index is -0.206. The van der Waals surface area contributed by atoms with Crippen molar-refractivity contribution in [1.82, 2.24) is 0 Å². The fraction of sp³-hybridized carbons (Fsp3) is 1.00. The Morgan fingerprint density at radius 2 is 1.58 bits per heavy atom. The molecule has 0 aliphatic rings. The van der Waals surface area contributed by atoms with E-state index in [-0.39, 0.29) is 12.3 Å². The third kappa shape index (κ3) is 6.64. The highest BCUT2D eigenvalue weighted by molar-refractivity contribution is 6.28. The summed E-state index contributed by atoms with van der Waals surface area (Å²) >= 11 is 0. The van der Waals surface area contributed by atoms with Gasteiger partial charge in [0.15, 0.2) is 6.19 Å². The molecule has 0 fully saturated rings. The van der Waals surface area contributed by atoms with Crippen LogP contribution < -0.4 is 0 Å². The molecule has 0 unspecified atom stereocenters. The molecular formula is C8H19BO3. The Morgan fingerprint density at radius 1 is 1.08 bits per heavy atom. The van der Waals surface area contributed by atoms with Gasteiger partial charge in [-0.3, -0.25) is 0 Å². The molecule has 12 heavy (non-hydrogen) atoms. The van der Waals surface area contributed by atoms with E-state index in [1.165, 1.54) is 0 Å². The van der Waals surface area contributed by atoms with Crippen LogP contribution in [0.5, 0.6) is 0 Å². The van der Waals surface area contributed by atoms with E-state index in [1.54, 1.807) is 0 Å². The molecule has 0 heterocycles. The van der Waals surface area contributed by atoms with Crippen LogP contribution in [0.25, 0.3) is 0 Å². The lowest BCUT2D eigenvalue weighted by atomic mass is 10.0. The Morgan fingerprint density at radius 3 is 1.92 bits per heavy atom. The maximum atomic E-state index is 5.36. The van der Waals surface area contributed by atoms with Gasteiger partial charge in [0.1, 0.15) is 0 Å². The molecule has 0 aliphatic heterocycles. The zero-order chi connectivity index (χ0) is 9.40. The quantitative estimate of drug-likeness (QED) is 0.427. The molecule has 0 radical (unpaired) electrons. The number of ether oxygens (including phenoxy) is 2. The summed E-state index contributed by atoms with van der Waals surface area (Å²) in [5.74, 6) is 0. The summed E-state index contributed by atoms with van der Waals surface area (Å²) in [6.07, 6.45) is 0.0239. The van der Waals surface area contributed by atoms with Crippen molar-refractivity contribution in [3.63, 3.8) is 0 Å². The van der Waals surface area contributed by atoms with Gasteiger partial charge in [0.25, 0.3) is 0 Å². The van der Waals surface area contributed by atoms with E-state index >= 15 is 0 Å². The standard InChI is InChI=1S/C8H19BO3/c1-5-10-8(11-6-2)9-12-7(3)4/h7-9H,5-6H2,1-4H3. The normalized spacial score (nSPS) is 11.2. The molecule has 0 aliphatic carbocycles. The average Bonchev–Trinajstić information content (AvgIpc) is 2.01. The molecule has 4 heteroatoms. The highest BCUT2D eigenvalue weighted by Crippen LogP contribution is 1.96. The van der Waals surface area contributed by atoms with Crippen molar-refractivity contribution in [2.45, 2.75) is 40.0 Å². The third-order valence-corrected chi connectivity index (χ3v) is 1.27. The van der Waals surface area contributed by atoms with Crippen molar-refractivity contribution in [2.24, 2.45) is 0 Å². The smallest absolute Gasteiger partial charge is 0.338 e. The molecule has 72 valence electrons. The third-order valence-electron chi connectivity index (χ3n) is 1.27. The van der Waals surface area contributed by atoms with Crippen molar-refractivity contribution in [3.8, 4) is 0 Å².